The van der Waals surface area contributed by atoms with Crippen molar-refractivity contribution in [1.82, 2.24) is 10.6 Å². The first-order valence-electron chi connectivity index (χ1n) is 5.85. The predicted molar refractivity (Wildman–Crippen MR) is 63.6 cm³/mol. The van der Waals surface area contributed by atoms with E-state index in [0.717, 1.165) is 19.3 Å². The Morgan fingerprint density at radius 3 is 2.53 bits per heavy atom. The van der Waals surface area contributed by atoms with Gasteiger partial charge in [0.15, 0.2) is 0 Å². The molecule has 0 aromatic rings. The van der Waals surface area contributed by atoms with Gasteiger partial charge in [-0.05, 0) is 24.7 Å². The maximum Gasteiger partial charge on any atom is 0.262 e. The molecule has 3 nitrogen and oxygen atoms in total. The van der Waals surface area contributed by atoms with Crippen molar-refractivity contribution in [1.29, 1.82) is 0 Å². The van der Waals surface area contributed by atoms with Gasteiger partial charge in [-0.3, -0.25) is 10.1 Å². The molecular weight excluding hydrogens is 250 g/mol. The summed E-state index contributed by atoms with van der Waals surface area (Å²) in [5.41, 5.74) is 0.261. The quantitative estimate of drug-likeness (QED) is 0.815. The number of carbonyl (C=O) groups excluding carboxylic acids is 1. The molecular formula is C11H19ClF2N2O. The van der Waals surface area contributed by atoms with Crippen LogP contribution in [0.3, 0.4) is 0 Å². The van der Waals surface area contributed by atoms with E-state index >= 15 is 0 Å². The van der Waals surface area contributed by atoms with E-state index in [4.69, 9.17) is 0 Å². The molecule has 2 fully saturated rings. The Labute approximate surface area is 106 Å². The monoisotopic (exact) mass is 268 g/mol. The van der Waals surface area contributed by atoms with Gasteiger partial charge in [0.05, 0.1) is 12.6 Å². The normalized spacial score (nSPS) is 28.3. The van der Waals surface area contributed by atoms with E-state index in [9.17, 15) is 13.6 Å². The first-order valence-corrected chi connectivity index (χ1v) is 5.85. The summed E-state index contributed by atoms with van der Waals surface area (Å²) in [5, 5.41) is 5.34. The Morgan fingerprint density at radius 2 is 2.12 bits per heavy atom. The van der Waals surface area contributed by atoms with Crippen molar-refractivity contribution >= 4 is 18.3 Å². The average molecular weight is 269 g/mol. The summed E-state index contributed by atoms with van der Waals surface area (Å²) in [4.78, 5) is 11.6. The van der Waals surface area contributed by atoms with Crippen LogP contribution >= 0.6 is 12.4 Å². The Hall–Kier alpha value is -0.420. The Balaban J connectivity index is 0.00000144. The number of hydrogen-bond acceptors (Lipinski definition) is 2. The molecule has 100 valence electrons. The van der Waals surface area contributed by atoms with Crippen LogP contribution in [0.5, 0.6) is 0 Å². The van der Waals surface area contributed by atoms with Crippen LogP contribution < -0.4 is 10.6 Å². The van der Waals surface area contributed by atoms with Crippen LogP contribution in [0.4, 0.5) is 8.78 Å². The van der Waals surface area contributed by atoms with E-state index < -0.39 is 12.0 Å². The van der Waals surface area contributed by atoms with Gasteiger partial charge in [0, 0.05) is 13.0 Å². The predicted octanol–water partition coefficient (Wildman–Crippen LogP) is 1.71. The lowest BCUT2D eigenvalue weighted by atomic mass is 10.0. The molecule has 1 aliphatic heterocycles. The summed E-state index contributed by atoms with van der Waals surface area (Å²) in [6, 6.07) is -0.720. The molecule has 1 heterocycles. The van der Waals surface area contributed by atoms with Crippen LogP contribution in [0.1, 0.15) is 32.6 Å². The van der Waals surface area contributed by atoms with E-state index in [1.165, 1.54) is 0 Å². The number of carbonyl (C=O) groups is 1. The van der Waals surface area contributed by atoms with Crippen molar-refractivity contribution in [2.24, 2.45) is 5.41 Å². The third kappa shape index (κ3) is 3.52. The number of amides is 1. The van der Waals surface area contributed by atoms with Gasteiger partial charge in [-0.15, -0.1) is 12.4 Å². The van der Waals surface area contributed by atoms with Crippen molar-refractivity contribution in [2.45, 2.75) is 44.6 Å². The second kappa shape index (κ2) is 5.06. The van der Waals surface area contributed by atoms with Crippen LogP contribution in [0.15, 0.2) is 0 Å². The van der Waals surface area contributed by atoms with E-state index in [1.54, 1.807) is 0 Å². The molecule has 1 saturated carbocycles. The summed E-state index contributed by atoms with van der Waals surface area (Å²) in [6.07, 6.45) is 2.94. The van der Waals surface area contributed by atoms with Crippen molar-refractivity contribution in [3.8, 4) is 0 Å². The van der Waals surface area contributed by atoms with E-state index in [2.05, 4.69) is 17.6 Å². The van der Waals surface area contributed by atoms with Crippen LogP contribution in [0, 0.1) is 5.41 Å². The smallest absolute Gasteiger partial charge is 0.262 e. The molecule has 1 amide bonds. The minimum atomic E-state index is -2.73. The minimum Gasteiger partial charge on any atom is -0.354 e. The third-order valence-corrected chi connectivity index (χ3v) is 3.77. The summed E-state index contributed by atoms with van der Waals surface area (Å²) in [6.45, 7) is 2.34. The highest BCUT2D eigenvalue weighted by Gasteiger charge is 2.44. The van der Waals surface area contributed by atoms with Crippen molar-refractivity contribution < 1.29 is 13.6 Å². The van der Waals surface area contributed by atoms with Gasteiger partial charge in [0.1, 0.15) is 0 Å². The standard InChI is InChI=1S/C11H18F2N2O.ClH/c1-2-10(3-4-10)6-15-9(16)8-5-11(12,13)7-14-8;/h8,14H,2-7H2,1H3,(H,15,16);1H. The lowest BCUT2D eigenvalue weighted by Gasteiger charge is -2.16. The Kier molecular flexibility index (Phi) is 4.36. The molecule has 6 heteroatoms. The average Bonchev–Trinajstić information content (AvgIpc) is 2.93. The zero-order chi connectivity index (χ0) is 11.8. The molecule has 1 atom stereocenters. The molecule has 0 radical (unpaired) electrons. The topological polar surface area (TPSA) is 41.1 Å². The SMILES string of the molecule is CCC1(CNC(=O)C2CC(F)(F)CN2)CC1.Cl. The maximum atomic E-state index is 12.9. The van der Waals surface area contributed by atoms with E-state index in [0.29, 0.717) is 6.54 Å². The number of hydrogen-bond donors (Lipinski definition) is 2. The van der Waals surface area contributed by atoms with Gasteiger partial charge < -0.3 is 5.32 Å². The van der Waals surface area contributed by atoms with Crippen LogP contribution in [0.25, 0.3) is 0 Å². The van der Waals surface area contributed by atoms with E-state index in [-0.39, 0.29) is 36.7 Å². The molecule has 2 aliphatic rings. The van der Waals surface area contributed by atoms with E-state index in [1.807, 2.05) is 0 Å². The second-order valence-electron chi connectivity index (χ2n) is 5.06. The Bertz CT molecular complexity index is 295. The van der Waals surface area contributed by atoms with Crippen molar-refractivity contribution in [3.63, 3.8) is 0 Å². The fourth-order valence-electron chi connectivity index (χ4n) is 2.13. The maximum absolute atomic E-state index is 12.9. The zero-order valence-corrected chi connectivity index (χ0v) is 10.7. The molecule has 0 spiro atoms. The number of halogens is 3. The molecule has 1 saturated heterocycles. The van der Waals surface area contributed by atoms with Crippen molar-refractivity contribution in [2.75, 3.05) is 13.1 Å². The van der Waals surface area contributed by atoms with Gasteiger partial charge in [0.2, 0.25) is 5.91 Å². The highest BCUT2D eigenvalue weighted by molar-refractivity contribution is 5.85. The highest BCUT2D eigenvalue weighted by atomic mass is 35.5. The molecule has 2 N–H and O–H groups in total. The van der Waals surface area contributed by atoms with Crippen molar-refractivity contribution in [3.05, 3.63) is 0 Å². The van der Waals surface area contributed by atoms with Crippen LogP contribution in [0.2, 0.25) is 0 Å². The molecule has 0 aromatic carbocycles. The first-order chi connectivity index (χ1) is 7.46. The fraction of sp³-hybridized carbons (Fsp3) is 0.909. The van der Waals surface area contributed by atoms with Gasteiger partial charge >= 0.3 is 0 Å². The molecule has 0 aromatic heterocycles. The molecule has 1 aliphatic carbocycles. The lowest BCUT2D eigenvalue weighted by molar-refractivity contribution is -0.123. The fourth-order valence-corrected chi connectivity index (χ4v) is 2.13. The lowest BCUT2D eigenvalue weighted by Crippen LogP contribution is -2.42. The summed E-state index contributed by atoms with van der Waals surface area (Å²) in [7, 11) is 0. The molecule has 0 bridgehead atoms. The summed E-state index contributed by atoms with van der Waals surface area (Å²) < 4.78 is 25.7. The Morgan fingerprint density at radius 1 is 1.47 bits per heavy atom. The zero-order valence-electron chi connectivity index (χ0n) is 9.89. The number of alkyl halides is 2. The van der Waals surface area contributed by atoms with Crippen LogP contribution in [-0.2, 0) is 4.79 Å². The van der Waals surface area contributed by atoms with Gasteiger partial charge in [0.25, 0.3) is 5.92 Å². The first kappa shape index (κ1) is 14.6. The number of rotatable bonds is 4. The van der Waals surface area contributed by atoms with Crippen LogP contribution in [-0.4, -0.2) is 31.0 Å². The summed E-state index contributed by atoms with van der Waals surface area (Å²) in [5.74, 6) is -3.01. The van der Waals surface area contributed by atoms with Gasteiger partial charge in [-0.25, -0.2) is 8.78 Å². The highest BCUT2D eigenvalue weighted by Crippen LogP contribution is 2.47. The minimum absolute atomic E-state index is 0. The largest absolute Gasteiger partial charge is 0.354 e. The molecule has 17 heavy (non-hydrogen) atoms. The van der Waals surface area contributed by atoms with Gasteiger partial charge in [-0.2, -0.15) is 0 Å². The summed E-state index contributed by atoms with van der Waals surface area (Å²) >= 11 is 0. The van der Waals surface area contributed by atoms with Gasteiger partial charge in [-0.1, -0.05) is 6.92 Å². The second-order valence-corrected chi connectivity index (χ2v) is 5.06. The molecule has 2 rings (SSSR count). The molecule has 1 unspecified atom stereocenters. The number of nitrogens with one attached hydrogen (secondary N) is 2. The third-order valence-electron chi connectivity index (χ3n) is 3.77.